The number of amides is 1. The zero-order valence-electron chi connectivity index (χ0n) is 16.2. The van der Waals surface area contributed by atoms with Crippen molar-refractivity contribution in [1.82, 2.24) is 10.2 Å². The van der Waals surface area contributed by atoms with Gasteiger partial charge in [0.2, 0.25) is 5.91 Å². The van der Waals surface area contributed by atoms with Crippen LogP contribution < -0.4 is 10.2 Å². The second-order valence-electron chi connectivity index (χ2n) is 6.67. The van der Waals surface area contributed by atoms with Crippen molar-refractivity contribution in [2.24, 2.45) is 5.92 Å². The molecule has 0 bridgehead atoms. The van der Waals surface area contributed by atoms with Gasteiger partial charge >= 0.3 is 5.97 Å². The molecule has 1 N–H and O–H groups in total. The number of anilines is 2. The lowest BCUT2D eigenvalue weighted by Gasteiger charge is -2.31. The fraction of sp³-hybridized carbons (Fsp3) is 0.333. The number of aromatic nitrogens is 2. The van der Waals surface area contributed by atoms with Crippen molar-refractivity contribution in [1.29, 1.82) is 0 Å². The highest BCUT2D eigenvalue weighted by molar-refractivity contribution is 6.29. The van der Waals surface area contributed by atoms with Crippen LogP contribution >= 0.6 is 11.6 Å². The van der Waals surface area contributed by atoms with E-state index in [-0.39, 0.29) is 17.8 Å². The van der Waals surface area contributed by atoms with E-state index in [0.717, 1.165) is 43.0 Å². The summed E-state index contributed by atoms with van der Waals surface area (Å²) < 4.78 is 4.85. The summed E-state index contributed by atoms with van der Waals surface area (Å²) in [7, 11) is 0. The molecule has 1 aliphatic rings. The van der Waals surface area contributed by atoms with Crippen molar-refractivity contribution in [2.75, 3.05) is 29.9 Å². The first-order valence-electron chi connectivity index (χ1n) is 9.55. The second kappa shape index (κ2) is 10.0. The minimum absolute atomic E-state index is 0.0154. The van der Waals surface area contributed by atoms with Crippen LogP contribution in [0.3, 0.4) is 0 Å². The number of carbonyl (C=O) groups excluding carboxylic acids is 2. The molecule has 0 atom stereocenters. The van der Waals surface area contributed by atoms with Gasteiger partial charge in [0, 0.05) is 30.8 Å². The van der Waals surface area contributed by atoms with Crippen molar-refractivity contribution >= 4 is 41.1 Å². The Bertz CT molecular complexity index is 860. The van der Waals surface area contributed by atoms with Crippen molar-refractivity contribution in [3.8, 4) is 0 Å². The number of hydrogen-bond acceptors (Lipinski definition) is 6. The highest BCUT2D eigenvalue weighted by atomic mass is 35.5. The zero-order chi connectivity index (χ0) is 20.6. The van der Waals surface area contributed by atoms with Crippen LogP contribution in [0.2, 0.25) is 5.15 Å². The normalized spacial score (nSPS) is 14.8. The lowest BCUT2D eigenvalue weighted by Crippen LogP contribution is -2.38. The van der Waals surface area contributed by atoms with Crippen molar-refractivity contribution in [3.63, 3.8) is 0 Å². The number of benzene rings is 1. The van der Waals surface area contributed by atoms with Gasteiger partial charge < -0.3 is 15.0 Å². The molecule has 0 aliphatic carbocycles. The molecule has 1 aromatic carbocycles. The molecule has 29 heavy (non-hydrogen) atoms. The maximum absolute atomic E-state index is 12.6. The highest BCUT2D eigenvalue weighted by Crippen LogP contribution is 2.23. The van der Waals surface area contributed by atoms with Crippen LogP contribution in [0.1, 0.15) is 25.3 Å². The Morgan fingerprint density at radius 3 is 2.52 bits per heavy atom. The summed E-state index contributed by atoms with van der Waals surface area (Å²) in [4.78, 5) is 26.0. The molecule has 1 aliphatic heterocycles. The highest BCUT2D eigenvalue weighted by Gasteiger charge is 2.25. The first-order chi connectivity index (χ1) is 14.0. The Hall–Kier alpha value is -2.93. The number of esters is 1. The third-order valence-electron chi connectivity index (χ3n) is 4.68. The van der Waals surface area contributed by atoms with E-state index >= 15 is 0 Å². The number of nitrogens with one attached hydrogen (secondary N) is 1. The maximum Gasteiger partial charge on any atom is 0.330 e. The Morgan fingerprint density at radius 1 is 1.17 bits per heavy atom. The molecule has 0 radical (unpaired) electrons. The van der Waals surface area contributed by atoms with E-state index in [1.54, 1.807) is 19.1 Å². The van der Waals surface area contributed by atoms with Crippen molar-refractivity contribution in [2.45, 2.75) is 19.8 Å². The molecule has 2 aromatic rings. The third-order valence-corrected chi connectivity index (χ3v) is 4.89. The predicted octanol–water partition coefficient (Wildman–Crippen LogP) is 3.56. The fourth-order valence-electron chi connectivity index (χ4n) is 3.12. The zero-order valence-corrected chi connectivity index (χ0v) is 16.9. The summed E-state index contributed by atoms with van der Waals surface area (Å²) in [5, 5.41) is 11.3. The van der Waals surface area contributed by atoms with Crippen molar-refractivity contribution < 1.29 is 14.3 Å². The van der Waals surface area contributed by atoms with Crippen LogP contribution in [0.25, 0.3) is 6.08 Å². The summed E-state index contributed by atoms with van der Waals surface area (Å²) in [6, 6.07) is 10.9. The maximum atomic E-state index is 12.6. The largest absolute Gasteiger partial charge is 0.463 e. The van der Waals surface area contributed by atoms with Gasteiger partial charge in [-0.05, 0) is 55.7 Å². The molecule has 1 aromatic heterocycles. The van der Waals surface area contributed by atoms with Gasteiger partial charge in [-0.15, -0.1) is 10.2 Å². The average molecular weight is 415 g/mol. The molecule has 0 saturated carbocycles. The molecule has 1 amide bonds. The van der Waals surface area contributed by atoms with Crippen LogP contribution in [0.5, 0.6) is 0 Å². The van der Waals surface area contributed by atoms with E-state index in [0.29, 0.717) is 11.8 Å². The van der Waals surface area contributed by atoms with Gasteiger partial charge in [-0.2, -0.15) is 0 Å². The molecule has 0 spiro atoms. The molecule has 2 heterocycles. The Morgan fingerprint density at radius 2 is 1.90 bits per heavy atom. The monoisotopic (exact) mass is 414 g/mol. The molecular formula is C21H23ClN4O3. The van der Waals surface area contributed by atoms with E-state index < -0.39 is 0 Å². The topological polar surface area (TPSA) is 84.4 Å². The molecule has 0 unspecified atom stereocenters. The van der Waals surface area contributed by atoms with Crippen LogP contribution in [0.15, 0.2) is 42.5 Å². The lowest BCUT2D eigenvalue weighted by atomic mass is 9.95. The second-order valence-corrected chi connectivity index (χ2v) is 7.06. The summed E-state index contributed by atoms with van der Waals surface area (Å²) in [6.45, 7) is 3.59. The van der Waals surface area contributed by atoms with Crippen LogP contribution in [-0.4, -0.2) is 41.8 Å². The van der Waals surface area contributed by atoms with E-state index in [1.807, 2.05) is 30.3 Å². The summed E-state index contributed by atoms with van der Waals surface area (Å²) in [5.41, 5.74) is 1.59. The number of halogens is 1. The smallest absolute Gasteiger partial charge is 0.330 e. The summed E-state index contributed by atoms with van der Waals surface area (Å²) in [5.74, 6) is 0.372. The van der Waals surface area contributed by atoms with E-state index in [4.69, 9.17) is 16.3 Å². The Labute approximate surface area is 174 Å². The van der Waals surface area contributed by atoms with Gasteiger partial charge in [0.05, 0.1) is 6.61 Å². The molecule has 8 heteroatoms. The van der Waals surface area contributed by atoms with Gasteiger partial charge in [-0.3, -0.25) is 4.79 Å². The lowest BCUT2D eigenvalue weighted by molar-refractivity contribution is -0.137. The number of piperidine rings is 1. The van der Waals surface area contributed by atoms with Gasteiger partial charge in [0.15, 0.2) is 11.0 Å². The minimum Gasteiger partial charge on any atom is -0.463 e. The standard InChI is InChI=1S/C21H23ClN4O3/c1-2-29-20(27)10-5-15-3-6-17(7-4-15)23-21(28)16-11-13-26(14-12-16)19-9-8-18(22)24-25-19/h3-10,16H,2,11-14H2,1H3,(H,23,28)/b10-5+. The third kappa shape index (κ3) is 6.02. The van der Waals surface area contributed by atoms with Crippen LogP contribution in [-0.2, 0) is 14.3 Å². The SMILES string of the molecule is CCOC(=O)/C=C/c1ccc(NC(=O)C2CCN(c3ccc(Cl)nn3)CC2)cc1. The first-order valence-corrected chi connectivity index (χ1v) is 9.93. The number of carbonyl (C=O) groups is 2. The number of rotatable bonds is 6. The van der Waals surface area contributed by atoms with Gasteiger partial charge in [-0.25, -0.2) is 4.79 Å². The number of hydrogen-bond donors (Lipinski definition) is 1. The Kier molecular flexibility index (Phi) is 7.19. The van der Waals surface area contributed by atoms with E-state index in [2.05, 4.69) is 20.4 Å². The molecule has 152 valence electrons. The number of ether oxygens (including phenoxy) is 1. The van der Waals surface area contributed by atoms with Crippen LogP contribution in [0.4, 0.5) is 11.5 Å². The quantitative estimate of drug-likeness (QED) is 0.574. The van der Waals surface area contributed by atoms with E-state index in [9.17, 15) is 9.59 Å². The van der Waals surface area contributed by atoms with Gasteiger partial charge in [0.1, 0.15) is 0 Å². The fourth-order valence-corrected chi connectivity index (χ4v) is 3.23. The summed E-state index contributed by atoms with van der Waals surface area (Å²) >= 11 is 5.78. The van der Waals surface area contributed by atoms with Crippen molar-refractivity contribution in [3.05, 3.63) is 53.2 Å². The van der Waals surface area contributed by atoms with Crippen LogP contribution in [0, 0.1) is 5.92 Å². The molecule has 1 fully saturated rings. The number of nitrogens with zero attached hydrogens (tertiary/aromatic N) is 3. The molecule has 7 nitrogen and oxygen atoms in total. The predicted molar refractivity (Wildman–Crippen MR) is 113 cm³/mol. The van der Waals surface area contributed by atoms with E-state index in [1.165, 1.54) is 6.08 Å². The molecule has 3 rings (SSSR count). The Balaban J connectivity index is 1.49. The average Bonchev–Trinajstić information content (AvgIpc) is 2.74. The van der Waals surface area contributed by atoms with Gasteiger partial charge in [-0.1, -0.05) is 23.7 Å². The molecule has 1 saturated heterocycles. The van der Waals surface area contributed by atoms with Gasteiger partial charge in [0.25, 0.3) is 0 Å². The first kappa shape index (κ1) is 20.8. The molecular weight excluding hydrogens is 392 g/mol. The summed E-state index contributed by atoms with van der Waals surface area (Å²) in [6.07, 6.45) is 4.56. The minimum atomic E-state index is -0.374.